The number of hydrogen-bond donors (Lipinski definition) is 0. The van der Waals surface area contributed by atoms with Crippen molar-refractivity contribution in [3.05, 3.63) is 29.6 Å². The molecule has 1 aromatic rings. The predicted octanol–water partition coefficient (Wildman–Crippen LogP) is 1.20. The second-order valence-electron chi connectivity index (χ2n) is 6.76. The van der Waals surface area contributed by atoms with E-state index in [0.29, 0.717) is 18.2 Å². The van der Waals surface area contributed by atoms with Crippen LogP contribution in [0.2, 0.25) is 0 Å². The Morgan fingerprint density at radius 1 is 1.38 bits per heavy atom. The number of aryl methyl sites for hydroxylation is 1. The summed E-state index contributed by atoms with van der Waals surface area (Å²) in [7, 11) is 3.50. The van der Waals surface area contributed by atoms with E-state index < -0.39 is 0 Å². The molecule has 0 spiro atoms. The summed E-state index contributed by atoms with van der Waals surface area (Å²) in [5.74, 6) is 0.395. The standard InChI is InChI=1S/C18H27N3O3/c1-13-4-6-19-15(10-13)18(22)21-7-5-17(24-3)14-11-20(8-9-23-2)12-16(14)21/h4,6,10,14,16-17H,5,7-9,11-12H2,1-3H3/t14-,16+,17+/m0/s1. The molecular formula is C18H27N3O3. The Balaban J connectivity index is 1.77. The molecule has 3 heterocycles. The van der Waals surface area contributed by atoms with Crippen LogP contribution in [-0.4, -0.2) is 79.8 Å². The van der Waals surface area contributed by atoms with E-state index in [4.69, 9.17) is 9.47 Å². The Hall–Kier alpha value is -1.50. The van der Waals surface area contributed by atoms with E-state index >= 15 is 0 Å². The molecule has 0 aliphatic carbocycles. The molecule has 3 atom stereocenters. The van der Waals surface area contributed by atoms with Gasteiger partial charge >= 0.3 is 0 Å². The van der Waals surface area contributed by atoms with E-state index in [2.05, 4.69) is 9.88 Å². The maximum atomic E-state index is 13.0. The molecule has 2 fully saturated rings. The molecule has 132 valence electrons. The van der Waals surface area contributed by atoms with Crippen molar-refractivity contribution in [2.45, 2.75) is 25.5 Å². The van der Waals surface area contributed by atoms with Crippen molar-refractivity contribution in [1.29, 1.82) is 0 Å². The largest absolute Gasteiger partial charge is 0.383 e. The normalized spacial score (nSPS) is 27.3. The van der Waals surface area contributed by atoms with Gasteiger partial charge in [-0.3, -0.25) is 14.7 Å². The molecule has 1 aromatic heterocycles. The fourth-order valence-corrected chi connectivity index (χ4v) is 3.98. The van der Waals surface area contributed by atoms with E-state index in [1.165, 1.54) is 0 Å². The summed E-state index contributed by atoms with van der Waals surface area (Å²) < 4.78 is 10.9. The van der Waals surface area contributed by atoms with E-state index in [1.54, 1.807) is 20.4 Å². The van der Waals surface area contributed by atoms with Crippen LogP contribution in [0.15, 0.2) is 18.3 Å². The number of methoxy groups -OCH3 is 2. The second kappa shape index (κ2) is 7.59. The first kappa shape index (κ1) is 17.3. The number of nitrogens with zero attached hydrogens (tertiary/aromatic N) is 3. The van der Waals surface area contributed by atoms with E-state index in [9.17, 15) is 4.79 Å². The van der Waals surface area contributed by atoms with Gasteiger partial charge in [-0.15, -0.1) is 0 Å². The zero-order chi connectivity index (χ0) is 17.1. The highest BCUT2D eigenvalue weighted by molar-refractivity contribution is 5.92. The van der Waals surface area contributed by atoms with Crippen molar-refractivity contribution in [3.63, 3.8) is 0 Å². The SMILES string of the molecule is COCCN1C[C@H]2[C@@H](C1)N(C(=O)c1cc(C)ccn1)CC[C@H]2OC. The third-order valence-electron chi connectivity index (χ3n) is 5.25. The minimum atomic E-state index is 0.0387. The molecule has 0 bridgehead atoms. The first-order valence-electron chi connectivity index (χ1n) is 8.61. The lowest BCUT2D eigenvalue weighted by Crippen LogP contribution is -2.53. The maximum Gasteiger partial charge on any atom is 0.272 e. The molecule has 0 saturated carbocycles. The molecule has 2 saturated heterocycles. The van der Waals surface area contributed by atoms with Crippen LogP contribution in [0.3, 0.4) is 0 Å². The average Bonchev–Trinajstić information content (AvgIpc) is 3.02. The van der Waals surface area contributed by atoms with Crippen molar-refractivity contribution in [2.75, 3.05) is 47.0 Å². The number of carbonyl (C=O) groups excluding carboxylic acids is 1. The van der Waals surface area contributed by atoms with Gasteiger partial charge < -0.3 is 14.4 Å². The quantitative estimate of drug-likeness (QED) is 0.810. The van der Waals surface area contributed by atoms with Crippen LogP contribution in [0.4, 0.5) is 0 Å². The van der Waals surface area contributed by atoms with Gasteiger partial charge in [-0.1, -0.05) is 0 Å². The summed E-state index contributed by atoms with van der Waals surface area (Å²) in [6.07, 6.45) is 2.81. The summed E-state index contributed by atoms with van der Waals surface area (Å²) >= 11 is 0. The Morgan fingerprint density at radius 3 is 2.92 bits per heavy atom. The Morgan fingerprint density at radius 2 is 2.21 bits per heavy atom. The van der Waals surface area contributed by atoms with Crippen LogP contribution < -0.4 is 0 Å². The summed E-state index contributed by atoms with van der Waals surface area (Å²) in [6.45, 7) is 6.16. The molecule has 0 unspecified atom stereocenters. The molecule has 6 nitrogen and oxygen atoms in total. The van der Waals surface area contributed by atoms with Gasteiger partial charge in [0.25, 0.3) is 5.91 Å². The molecule has 2 aliphatic rings. The van der Waals surface area contributed by atoms with Gasteiger partial charge in [0.1, 0.15) is 5.69 Å². The first-order chi connectivity index (χ1) is 11.6. The number of carbonyl (C=O) groups is 1. The predicted molar refractivity (Wildman–Crippen MR) is 91.0 cm³/mol. The number of piperidine rings is 1. The minimum Gasteiger partial charge on any atom is -0.383 e. The van der Waals surface area contributed by atoms with Gasteiger partial charge in [0, 0.05) is 52.5 Å². The van der Waals surface area contributed by atoms with E-state index in [1.807, 2.05) is 24.0 Å². The highest BCUT2D eigenvalue weighted by Gasteiger charge is 2.46. The summed E-state index contributed by atoms with van der Waals surface area (Å²) in [5.41, 5.74) is 1.60. The number of amides is 1. The highest BCUT2D eigenvalue weighted by atomic mass is 16.5. The smallest absolute Gasteiger partial charge is 0.272 e. The summed E-state index contributed by atoms with van der Waals surface area (Å²) in [5, 5.41) is 0. The Labute approximate surface area is 143 Å². The van der Waals surface area contributed by atoms with Crippen LogP contribution in [0.5, 0.6) is 0 Å². The fourth-order valence-electron chi connectivity index (χ4n) is 3.98. The zero-order valence-electron chi connectivity index (χ0n) is 14.8. The monoisotopic (exact) mass is 333 g/mol. The minimum absolute atomic E-state index is 0.0387. The van der Waals surface area contributed by atoms with Gasteiger partial charge in [0.05, 0.1) is 18.8 Å². The van der Waals surface area contributed by atoms with Gasteiger partial charge in [-0.05, 0) is 31.0 Å². The van der Waals surface area contributed by atoms with Crippen LogP contribution in [0, 0.1) is 12.8 Å². The van der Waals surface area contributed by atoms with Gasteiger partial charge in [0.15, 0.2) is 0 Å². The molecule has 0 aromatic carbocycles. The lowest BCUT2D eigenvalue weighted by Gasteiger charge is -2.41. The van der Waals surface area contributed by atoms with Gasteiger partial charge in [-0.2, -0.15) is 0 Å². The molecular weight excluding hydrogens is 306 g/mol. The zero-order valence-corrected chi connectivity index (χ0v) is 14.8. The van der Waals surface area contributed by atoms with Crippen molar-refractivity contribution in [1.82, 2.24) is 14.8 Å². The molecule has 1 amide bonds. The summed E-state index contributed by atoms with van der Waals surface area (Å²) in [4.78, 5) is 21.7. The molecule has 6 heteroatoms. The topological polar surface area (TPSA) is 54.9 Å². The van der Waals surface area contributed by atoms with Crippen molar-refractivity contribution >= 4 is 5.91 Å². The maximum absolute atomic E-state index is 13.0. The van der Waals surface area contributed by atoms with Gasteiger partial charge in [-0.25, -0.2) is 0 Å². The molecule has 0 radical (unpaired) electrons. The van der Waals surface area contributed by atoms with Crippen molar-refractivity contribution in [2.24, 2.45) is 5.92 Å². The average molecular weight is 333 g/mol. The van der Waals surface area contributed by atoms with Crippen LogP contribution in [0.25, 0.3) is 0 Å². The lowest BCUT2D eigenvalue weighted by atomic mass is 9.88. The van der Waals surface area contributed by atoms with E-state index in [-0.39, 0.29) is 18.1 Å². The molecule has 24 heavy (non-hydrogen) atoms. The van der Waals surface area contributed by atoms with Crippen LogP contribution >= 0.6 is 0 Å². The van der Waals surface area contributed by atoms with Crippen LogP contribution in [-0.2, 0) is 9.47 Å². The van der Waals surface area contributed by atoms with E-state index in [0.717, 1.165) is 38.2 Å². The number of fused-ring (bicyclic) bond motifs is 1. The molecule has 3 rings (SSSR count). The highest BCUT2D eigenvalue weighted by Crippen LogP contribution is 2.33. The third kappa shape index (κ3) is 3.45. The first-order valence-corrected chi connectivity index (χ1v) is 8.61. The lowest BCUT2D eigenvalue weighted by molar-refractivity contribution is -0.0159. The molecule has 2 aliphatic heterocycles. The number of ether oxygens (including phenoxy) is 2. The number of pyridine rings is 1. The number of aromatic nitrogens is 1. The van der Waals surface area contributed by atoms with Crippen molar-refractivity contribution < 1.29 is 14.3 Å². The molecule has 0 N–H and O–H groups in total. The van der Waals surface area contributed by atoms with Crippen molar-refractivity contribution in [3.8, 4) is 0 Å². The number of likely N-dealkylation sites (tertiary alicyclic amines) is 2. The second-order valence-corrected chi connectivity index (χ2v) is 6.76. The number of hydrogen-bond acceptors (Lipinski definition) is 5. The Bertz CT molecular complexity index is 580. The van der Waals surface area contributed by atoms with Gasteiger partial charge in [0.2, 0.25) is 0 Å². The van der Waals surface area contributed by atoms with Crippen LogP contribution in [0.1, 0.15) is 22.5 Å². The Kier molecular flexibility index (Phi) is 5.48. The summed E-state index contributed by atoms with van der Waals surface area (Å²) in [6, 6.07) is 3.98. The fraction of sp³-hybridized carbons (Fsp3) is 0.667. The number of rotatable bonds is 5. The third-order valence-corrected chi connectivity index (χ3v) is 5.25.